The Balaban J connectivity index is 0.566. The monoisotopic (exact) mass is 1620 g/mol. The Bertz CT molecular complexity index is 3820. The molecule has 1 saturated heterocycles. The van der Waals surface area contributed by atoms with Gasteiger partial charge in [0.1, 0.15) is 18.7 Å². The number of ether oxygens (including phenoxy) is 13. The van der Waals surface area contributed by atoms with E-state index >= 15 is 0 Å². The lowest BCUT2D eigenvalue weighted by Crippen LogP contribution is -2.53. The molecule has 1 unspecified atom stereocenters. The number of hydrogen-bond acceptors (Lipinski definition) is 24. The molecule has 2 fully saturated rings. The Labute approximate surface area is 679 Å². The van der Waals surface area contributed by atoms with Crippen molar-refractivity contribution in [2.45, 2.75) is 174 Å². The van der Waals surface area contributed by atoms with Crippen LogP contribution in [0.15, 0.2) is 77.1 Å². The van der Waals surface area contributed by atoms with E-state index in [2.05, 4.69) is 26.3 Å². The minimum Gasteiger partial charge on any atom is -0.493 e. The normalized spacial score (nSPS) is 18.9. The van der Waals surface area contributed by atoms with Gasteiger partial charge in [0, 0.05) is 75.2 Å². The van der Waals surface area contributed by atoms with Crippen LogP contribution in [0.3, 0.4) is 0 Å². The molecule has 32 nitrogen and oxygen atoms in total. The number of anilines is 2. The van der Waals surface area contributed by atoms with E-state index in [1.54, 1.807) is 67.6 Å². The van der Waals surface area contributed by atoms with E-state index in [1.807, 2.05) is 20.0 Å². The Morgan fingerprint density at radius 1 is 0.560 bits per heavy atom. The van der Waals surface area contributed by atoms with Crippen LogP contribution in [0.4, 0.5) is 21.9 Å². The summed E-state index contributed by atoms with van der Waals surface area (Å²) >= 11 is 0. The second kappa shape index (κ2) is 47.9. The third kappa shape index (κ3) is 27.5. The van der Waals surface area contributed by atoms with Crippen LogP contribution in [0.2, 0.25) is 0 Å². The van der Waals surface area contributed by atoms with E-state index in [1.165, 1.54) is 81.6 Å². The van der Waals surface area contributed by atoms with Gasteiger partial charge in [-0.25, -0.2) is 9.69 Å². The maximum Gasteiger partial charge on any atom is 0.416 e. The van der Waals surface area contributed by atoms with Gasteiger partial charge in [0.25, 0.3) is 11.8 Å². The van der Waals surface area contributed by atoms with Crippen LogP contribution in [0.5, 0.6) is 23.0 Å². The predicted molar refractivity (Wildman–Crippen MR) is 428 cm³/mol. The number of carbonyl (C=O) groups excluding carboxylic acids is 9. The Morgan fingerprint density at radius 2 is 1.09 bits per heavy atom. The van der Waals surface area contributed by atoms with E-state index in [9.17, 15) is 48.3 Å². The zero-order valence-corrected chi connectivity index (χ0v) is 68.3. The molecule has 1 saturated carbocycles. The van der Waals surface area contributed by atoms with E-state index in [-0.39, 0.29) is 142 Å². The predicted octanol–water partition coefficient (Wildman–Crippen LogP) is 8.50. The second-order valence-electron chi connectivity index (χ2n) is 29.9. The van der Waals surface area contributed by atoms with Crippen molar-refractivity contribution < 1.29 is 110 Å². The number of nitrogens with one attached hydrogen (secondary N) is 4. The minimum absolute atomic E-state index is 0.0158. The van der Waals surface area contributed by atoms with Gasteiger partial charge >= 0.3 is 6.09 Å². The first kappa shape index (κ1) is 90.8. The lowest BCUT2D eigenvalue weighted by molar-refractivity contribution is -0.140. The highest BCUT2D eigenvalue weighted by Gasteiger charge is 2.46. The van der Waals surface area contributed by atoms with Crippen LogP contribution >= 0.6 is 0 Å². The van der Waals surface area contributed by atoms with E-state index in [4.69, 9.17) is 61.6 Å². The summed E-state index contributed by atoms with van der Waals surface area (Å²) in [5.41, 5.74) is 3.73. The maximum absolute atomic E-state index is 14.3. The number of likely N-dealkylation sites (tertiary alicyclic amines) is 1. The fourth-order valence-corrected chi connectivity index (χ4v) is 14.5. The summed E-state index contributed by atoms with van der Waals surface area (Å²) in [6.45, 7) is 14.8. The average molecular weight is 1620 g/mol. The summed E-state index contributed by atoms with van der Waals surface area (Å²) in [5.74, 6) is -1.85. The highest BCUT2D eigenvalue weighted by molar-refractivity contribution is 6.07. The van der Waals surface area contributed by atoms with E-state index < -0.39 is 54.1 Å². The molecule has 638 valence electrons. The van der Waals surface area contributed by atoms with Gasteiger partial charge < -0.3 is 97.8 Å². The second-order valence-corrected chi connectivity index (χ2v) is 29.9. The third-order valence-corrected chi connectivity index (χ3v) is 20.8. The molecule has 5 aliphatic heterocycles. The Kier molecular flexibility index (Phi) is 37.5. The molecule has 0 bridgehead atoms. The van der Waals surface area contributed by atoms with Crippen molar-refractivity contribution in [2.75, 3.05) is 156 Å². The van der Waals surface area contributed by atoms with Crippen molar-refractivity contribution in [2.24, 2.45) is 22.7 Å². The van der Waals surface area contributed by atoms with Crippen LogP contribution in [-0.2, 0) is 78.0 Å². The molecule has 5 heterocycles. The number of aliphatic imine (C=N–C) groups is 1. The number of amides is 9. The number of nitrogens with zero attached hydrogens (tertiary/aromatic N) is 5. The van der Waals surface area contributed by atoms with E-state index in [0.717, 1.165) is 41.7 Å². The third-order valence-electron chi connectivity index (χ3n) is 20.8. The molecule has 9 amide bonds. The number of aliphatic hydroxyl groups excluding tert-OH is 1. The molecular weight excluding hydrogens is 1500 g/mol. The Morgan fingerprint density at radius 3 is 1.66 bits per heavy atom. The first-order valence-electron chi connectivity index (χ1n) is 40.8. The van der Waals surface area contributed by atoms with Gasteiger partial charge in [-0.1, -0.05) is 88.5 Å². The molecule has 9 rings (SSSR count). The van der Waals surface area contributed by atoms with Crippen molar-refractivity contribution >= 4 is 76.6 Å². The molecule has 116 heavy (non-hydrogen) atoms. The number of hydrogen-bond donors (Lipinski definition) is 5. The quantitative estimate of drug-likeness (QED) is 0.0261. The largest absolute Gasteiger partial charge is 0.493 e. The summed E-state index contributed by atoms with van der Waals surface area (Å²) in [7, 11) is 2.91. The fraction of sp³-hybridized carbons (Fsp3) is 0.619. The van der Waals surface area contributed by atoms with Crippen molar-refractivity contribution in [3.63, 3.8) is 0 Å². The summed E-state index contributed by atoms with van der Waals surface area (Å²) in [6, 6.07) is 9.70. The Hall–Kier alpha value is -9.12. The van der Waals surface area contributed by atoms with E-state index in [0.29, 0.717) is 139 Å². The maximum atomic E-state index is 14.3. The summed E-state index contributed by atoms with van der Waals surface area (Å²) in [6.07, 6.45) is 16.0. The first-order valence-corrected chi connectivity index (χ1v) is 40.8. The number of methoxy groups -OCH3 is 2. The van der Waals surface area contributed by atoms with Crippen LogP contribution in [0.25, 0.3) is 0 Å². The fourth-order valence-electron chi connectivity index (χ4n) is 14.5. The molecule has 0 spiro atoms. The van der Waals surface area contributed by atoms with Crippen molar-refractivity contribution in [1.82, 2.24) is 30.7 Å². The highest BCUT2D eigenvalue weighted by atomic mass is 16.6. The van der Waals surface area contributed by atoms with Crippen LogP contribution in [-0.4, -0.2) is 256 Å². The van der Waals surface area contributed by atoms with Crippen LogP contribution in [0, 0.1) is 17.8 Å². The van der Waals surface area contributed by atoms with Crippen molar-refractivity contribution in [1.29, 1.82) is 0 Å². The van der Waals surface area contributed by atoms with Gasteiger partial charge in [0.15, 0.2) is 29.2 Å². The molecular formula is C84H119N9O23. The van der Waals surface area contributed by atoms with Gasteiger partial charge in [0.2, 0.25) is 35.4 Å². The number of aliphatic hydroxyl groups is 1. The molecule has 6 atom stereocenters. The first-order chi connectivity index (χ1) is 56.2. The SMILES string of the molecule is COc1cc2c(cc1OCCCOc1cc3c(cc1OC)C(=O)N1C=C(C)C[C@H]1[C@H](O)N3C(=O)OCc1ccc(NC(=O)[C@H](C)NC(=O)[C@@H](NC(=O)CCOCCOCCOCCOCCOCCOCCOCCOCCNC(=O)CCN3C(=O)CC(C4CCCCCCCCCC4)C3=O)C(C)C)cc1)N=C[C@@H]1CC(C)=CN1C2=O. The molecule has 0 aromatic heterocycles. The van der Waals surface area contributed by atoms with Crippen LogP contribution in [0.1, 0.15) is 164 Å². The van der Waals surface area contributed by atoms with Crippen molar-refractivity contribution in [3.05, 3.63) is 88.8 Å². The van der Waals surface area contributed by atoms with Crippen molar-refractivity contribution in [3.8, 4) is 23.0 Å². The van der Waals surface area contributed by atoms with Gasteiger partial charge in [-0.15, -0.1) is 0 Å². The summed E-state index contributed by atoms with van der Waals surface area (Å²) in [4.78, 5) is 130. The zero-order valence-electron chi connectivity index (χ0n) is 68.3. The highest BCUT2D eigenvalue weighted by Crippen LogP contribution is 2.44. The molecule has 1 aliphatic carbocycles. The molecule has 5 N–H and O–H groups in total. The topological polar surface area (TPSA) is 367 Å². The smallest absolute Gasteiger partial charge is 0.416 e. The zero-order chi connectivity index (χ0) is 82.7. The average Bonchev–Trinajstić information content (AvgIpc) is 1.59. The molecule has 32 heteroatoms. The number of fused-ring (bicyclic) bond motifs is 4. The number of imide groups is 1. The van der Waals surface area contributed by atoms with Gasteiger partial charge in [-0.2, -0.15) is 0 Å². The minimum atomic E-state index is -1.55. The molecule has 3 aromatic carbocycles. The lowest BCUT2D eigenvalue weighted by Gasteiger charge is -2.31. The van der Waals surface area contributed by atoms with Gasteiger partial charge in [0.05, 0.1) is 174 Å². The number of carbonyl (C=O) groups is 9. The molecule has 6 aliphatic rings. The summed E-state index contributed by atoms with van der Waals surface area (Å²) in [5, 5.41) is 23.0. The van der Waals surface area contributed by atoms with Crippen LogP contribution < -0.4 is 45.1 Å². The van der Waals surface area contributed by atoms with Gasteiger partial charge in [-0.3, -0.25) is 48.2 Å². The van der Waals surface area contributed by atoms with Gasteiger partial charge in [-0.05, 0) is 88.1 Å². The number of benzene rings is 3. The molecule has 0 radical (unpaired) electrons. The number of rotatable bonds is 47. The summed E-state index contributed by atoms with van der Waals surface area (Å²) < 4.78 is 74.0. The lowest BCUT2D eigenvalue weighted by atomic mass is 9.83. The molecule has 3 aromatic rings. The standard InChI is InChI=1S/C84H119N9O23/c1-56(2)77(89-75(95)24-29-106-31-33-108-35-37-110-39-41-112-43-44-113-42-40-111-38-36-109-34-32-107-30-25-85-74(94)23-26-90-76(96)49-64(80(90)99)61-17-14-12-10-8-9-11-13-15-18-61)79(98)87-59(5)78(97)88-62-21-19-60(20-22-62)55-116-84(103)93-68-51-73(71(105-7)48-66(68)82(101)92-54-58(4)46-69(92)83(93)102)115-28-16-27-114-72-50-67-65(47-70(72)104-6)81(100)91-53-57(3)45-63(91)52-86-67/h19-22,47-48,50-54,56,59,61,63-64,69,77,83,102H,8-18,23-46,49,55H2,1-7H3,(H,85,94)(H,87,98)(H,88,97)(H,89,95)/t59-,63-,64?,69-,77-,83-/m0/s1.